The summed E-state index contributed by atoms with van der Waals surface area (Å²) in [6.45, 7) is 6.34. The molecule has 0 fully saturated rings. The van der Waals surface area contributed by atoms with Crippen molar-refractivity contribution >= 4 is 17.9 Å². The van der Waals surface area contributed by atoms with Crippen LogP contribution in [0.4, 0.5) is 0 Å². The van der Waals surface area contributed by atoms with E-state index in [-0.39, 0.29) is 37.5 Å². The number of allylic oxidation sites excluding steroid dienone is 26. The molecule has 0 bridgehead atoms. The predicted octanol–water partition coefficient (Wildman–Crippen LogP) is 22.9. The van der Waals surface area contributed by atoms with E-state index in [0.717, 1.165) is 135 Å². The summed E-state index contributed by atoms with van der Waals surface area (Å²) < 4.78 is 16.9. The summed E-state index contributed by atoms with van der Waals surface area (Å²) in [6.07, 6.45) is 98.2. The molecule has 0 N–H and O–H groups in total. The summed E-state index contributed by atoms with van der Waals surface area (Å²) in [5, 5.41) is 0. The molecule has 1 unspecified atom stereocenters. The molecular formula is C75H120O6. The van der Waals surface area contributed by atoms with E-state index in [1.165, 1.54) is 96.3 Å². The first kappa shape index (κ1) is 76.0. The molecule has 6 heteroatoms. The van der Waals surface area contributed by atoms with E-state index < -0.39 is 6.10 Å². The van der Waals surface area contributed by atoms with Crippen molar-refractivity contribution < 1.29 is 28.6 Å². The van der Waals surface area contributed by atoms with Gasteiger partial charge in [-0.05, 0) is 141 Å². The van der Waals surface area contributed by atoms with E-state index >= 15 is 0 Å². The molecule has 0 aromatic rings. The summed E-state index contributed by atoms with van der Waals surface area (Å²) in [5.74, 6) is -1.00. The SMILES string of the molecule is CC/C=C\C/C=C\C/C=C\C/C=C\C/C=C\C/C=C\CCCCCCC(=O)OCC(COC(=O)CCC/C=C\C/C=C\C/C=C\C/C=C\C/C=C\CC)OC(=O)CCCCCCCCCCCCC/C=C\C/C=C\CCCCCCC. The van der Waals surface area contributed by atoms with Gasteiger partial charge in [0.05, 0.1) is 0 Å². The molecule has 0 radical (unpaired) electrons. The number of carbonyl (C=O) groups excluding carboxylic acids is 3. The van der Waals surface area contributed by atoms with Gasteiger partial charge in [0.1, 0.15) is 13.2 Å². The lowest BCUT2D eigenvalue weighted by atomic mass is 10.0. The van der Waals surface area contributed by atoms with Crippen molar-refractivity contribution in [2.24, 2.45) is 0 Å². The average molecular weight is 1120 g/mol. The summed E-state index contributed by atoms with van der Waals surface area (Å²) >= 11 is 0. The summed E-state index contributed by atoms with van der Waals surface area (Å²) in [6, 6.07) is 0. The Morgan fingerprint density at radius 1 is 0.259 bits per heavy atom. The Labute approximate surface area is 499 Å². The van der Waals surface area contributed by atoms with Crippen molar-refractivity contribution in [1.82, 2.24) is 0 Å². The van der Waals surface area contributed by atoms with Crippen LogP contribution in [0.25, 0.3) is 0 Å². The highest BCUT2D eigenvalue weighted by Crippen LogP contribution is 2.15. The molecule has 0 aliphatic rings. The van der Waals surface area contributed by atoms with Gasteiger partial charge >= 0.3 is 17.9 Å². The third-order valence-electron chi connectivity index (χ3n) is 13.5. The fourth-order valence-corrected chi connectivity index (χ4v) is 8.63. The van der Waals surface area contributed by atoms with Gasteiger partial charge in [-0.15, -0.1) is 0 Å². The van der Waals surface area contributed by atoms with Crippen molar-refractivity contribution in [3.8, 4) is 0 Å². The van der Waals surface area contributed by atoms with E-state index in [1.54, 1.807) is 0 Å². The normalized spacial score (nSPS) is 13.2. The van der Waals surface area contributed by atoms with Gasteiger partial charge in [0, 0.05) is 19.3 Å². The fourth-order valence-electron chi connectivity index (χ4n) is 8.63. The second-order valence-corrected chi connectivity index (χ2v) is 21.3. The van der Waals surface area contributed by atoms with Crippen LogP contribution in [-0.2, 0) is 28.6 Å². The van der Waals surface area contributed by atoms with E-state index in [0.29, 0.717) is 19.3 Å². The number of ether oxygens (including phenoxy) is 3. The van der Waals surface area contributed by atoms with Crippen molar-refractivity contribution in [1.29, 1.82) is 0 Å². The average Bonchev–Trinajstić information content (AvgIpc) is 3.47. The number of carbonyl (C=O) groups is 3. The number of rotatable bonds is 58. The fraction of sp³-hybridized carbons (Fsp3) is 0.613. The Morgan fingerprint density at radius 2 is 0.494 bits per heavy atom. The first-order valence-electron chi connectivity index (χ1n) is 33.0. The van der Waals surface area contributed by atoms with Gasteiger partial charge in [0.15, 0.2) is 6.10 Å². The summed E-state index contributed by atoms with van der Waals surface area (Å²) in [7, 11) is 0. The maximum Gasteiger partial charge on any atom is 0.306 e. The standard InChI is InChI=1S/C75H120O6/c1-4-7-10-13-16-19-22-25-28-31-33-35-37-39-41-44-47-50-53-56-59-62-65-68-74(77)80-71-72(70-79-73(76)67-64-61-58-55-52-49-46-43-30-27-24-21-18-15-12-9-6-3)81-75(78)69-66-63-60-57-54-51-48-45-42-40-38-36-34-32-29-26-23-20-17-14-11-8-5-2/h7,9-10,12,16,18-19,21,23,25-28,30,32-35,39,41,46-47,49-50,55,58,72H,4-6,8,11,13-15,17,20,22,24,29,31,36-38,40,42-45,48,51-54,56-57,59-71H2,1-3H3/b10-7-,12-9-,19-16-,21-18-,26-23-,28-25-,30-27-,34-32-,35-33-,41-39-,49-46-,50-47-,58-55-. The second-order valence-electron chi connectivity index (χ2n) is 21.3. The van der Waals surface area contributed by atoms with Gasteiger partial charge in [-0.3, -0.25) is 14.4 Å². The second kappa shape index (κ2) is 67.5. The van der Waals surface area contributed by atoms with E-state index in [4.69, 9.17) is 14.2 Å². The molecule has 0 aromatic carbocycles. The van der Waals surface area contributed by atoms with Crippen LogP contribution >= 0.6 is 0 Å². The lowest BCUT2D eigenvalue weighted by Crippen LogP contribution is -2.30. The zero-order valence-electron chi connectivity index (χ0n) is 52.2. The van der Waals surface area contributed by atoms with Gasteiger partial charge in [-0.25, -0.2) is 0 Å². The molecule has 0 aliphatic heterocycles. The van der Waals surface area contributed by atoms with Gasteiger partial charge in [0.2, 0.25) is 0 Å². The van der Waals surface area contributed by atoms with Crippen LogP contribution in [0, 0.1) is 0 Å². The maximum atomic E-state index is 12.9. The van der Waals surface area contributed by atoms with Crippen molar-refractivity contribution in [2.45, 2.75) is 284 Å². The number of unbranched alkanes of at least 4 members (excludes halogenated alkanes) is 21. The van der Waals surface area contributed by atoms with Crippen LogP contribution < -0.4 is 0 Å². The quantitative estimate of drug-likeness (QED) is 0.0261. The van der Waals surface area contributed by atoms with Gasteiger partial charge in [0.25, 0.3) is 0 Å². The minimum atomic E-state index is -0.823. The number of esters is 3. The van der Waals surface area contributed by atoms with Gasteiger partial charge in [-0.1, -0.05) is 275 Å². The van der Waals surface area contributed by atoms with Crippen LogP contribution in [0.5, 0.6) is 0 Å². The molecule has 1 atom stereocenters. The lowest BCUT2D eigenvalue weighted by molar-refractivity contribution is -0.167. The highest BCUT2D eigenvalue weighted by atomic mass is 16.6. The number of hydrogen-bond donors (Lipinski definition) is 0. The van der Waals surface area contributed by atoms with Gasteiger partial charge < -0.3 is 14.2 Å². The molecule has 0 rings (SSSR count). The Hall–Kier alpha value is -4.97. The molecule has 0 amide bonds. The minimum absolute atomic E-state index is 0.116. The minimum Gasteiger partial charge on any atom is -0.462 e. The predicted molar refractivity (Wildman–Crippen MR) is 352 cm³/mol. The molecule has 6 nitrogen and oxygen atoms in total. The van der Waals surface area contributed by atoms with Crippen molar-refractivity contribution in [3.05, 3.63) is 158 Å². The zero-order valence-corrected chi connectivity index (χ0v) is 52.2. The van der Waals surface area contributed by atoms with Crippen molar-refractivity contribution in [2.75, 3.05) is 13.2 Å². The van der Waals surface area contributed by atoms with E-state index in [9.17, 15) is 14.4 Å². The largest absolute Gasteiger partial charge is 0.462 e. The maximum absolute atomic E-state index is 12.9. The lowest BCUT2D eigenvalue weighted by Gasteiger charge is -2.18. The van der Waals surface area contributed by atoms with Crippen LogP contribution in [0.1, 0.15) is 278 Å². The Morgan fingerprint density at radius 3 is 0.802 bits per heavy atom. The summed E-state index contributed by atoms with van der Waals surface area (Å²) in [5.41, 5.74) is 0. The smallest absolute Gasteiger partial charge is 0.306 e. The topological polar surface area (TPSA) is 78.9 Å². The molecule has 456 valence electrons. The number of hydrogen-bond acceptors (Lipinski definition) is 6. The van der Waals surface area contributed by atoms with Gasteiger partial charge in [-0.2, -0.15) is 0 Å². The molecule has 0 aliphatic carbocycles. The Kier molecular flexibility index (Phi) is 63.4. The molecule has 81 heavy (non-hydrogen) atoms. The highest BCUT2D eigenvalue weighted by molar-refractivity contribution is 5.71. The van der Waals surface area contributed by atoms with Crippen LogP contribution in [-0.4, -0.2) is 37.2 Å². The first-order chi connectivity index (χ1) is 40.0. The van der Waals surface area contributed by atoms with Crippen LogP contribution in [0.2, 0.25) is 0 Å². The zero-order chi connectivity index (χ0) is 58.5. The molecule has 0 heterocycles. The molecule has 0 saturated heterocycles. The van der Waals surface area contributed by atoms with E-state index in [1.807, 2.05) is 0 Å². The van der Waals surface area contributed by atoms with Crippen LogP contribution in [0.3, 0.4) is 0 Å². The molecular weight excluding hydrogens is 997 g/mol. The first-order valence-corrected chi connectivity index (χ1v) is 33.0. The highest BCUT2D eigenvalue weighted by Gasteiger charge is 2.19. The Bertz CT molecular complexity index is 1810. The summed E-state index contributed by atoms with van der Waals surface area (Å²) in [4.78, 5) is 38.4. The van der Waals surface area contributed by atoms with E-state index in [2.05, 4.69) is 179 Å². The monoisotopic (exact) mass is 1120 g/mol. The Balaban J connectivity index is 4.52. The molecule has 0 saturated carbocycles. The third kappa shape index (κ3) is 65.7. The van der Waals surface area contributed by atoms with Crippen LogP contribution in [0.15, 0.2) is 158 Å². The molecule has 0 spiro atoms. The third-order valence-corrected chi connectivity index (χ3v) is 13.5. The molecule has 0 aromatic heterocycles. The van der Waals surface area contributed by atoms with Crippen molar-refractivity contribution in [3.63, 3.8) is 0 Å².